The summed E-state index contributed by atoms with van der Waals surface area (Å²) in [6, 6.07) is 6.53. The maximum Gasteiger partial charge on any atom is 0.328 e. The molecular weight excluding hydrogens is 278 g/mol. The van der Waals surface area contributed by atoms with Gasteiger partial charge < -0.3 is 10.1 Å². The minimum absolute atomic E-state index is 0.144. The van der Waals surface area contributed by atoms with Gasteiger partial charge in [0, 0.05) is 5.02 Å². The van der Waals surface area contributed by atoms with E-state index in [1.54, 1.807) is 18.2 Å². The van der Waals surface area contributed by atoms with E-state index in [0.29, 0.717) is 11.4 Å². The summed E-state index contributed by atoms with van der Waals surface area (Å²) in [6.07, 6.45) is 0.687. The second kappa shape index (κ2) is 7.90. The van der Waals surface area contributed by atoms with Crippen LogP contribution in [0.4, 0.5) is 0 Å². The van der Waals surface area contributed by atoms with Crippen LogP contribution in [0.15, 0.2) is 24.3 Å². The van der Waals surface area contributed by atoms with Gasteiger partial charge in [0.05, 0.1) is 13.5 Å². The Bertz CT molecular complexity index is 474. The first-order chi connectivity index (χ1) is 9.43. The lowest BCUT2D eigenvalue weighted by Crippen LogP contribution is -2.43. The van der Waals surface area contributed by atoms with Crippen molar-refractivity contribution in [3.8, 4) is 0 Å². The number of benzene rings is 1. The van der Waals surface area contributed by atoms with Crippen molar-refractivity contribution in [2.45, 2.75) is 32.7 Å². The zero-order valence-corrected chi connectivity index (χ0v) is 12.7. The Morgan fingerprint density at radius 3 is 2.50 bits per heavy atom. The normalized spacial score (nSPS) is 12.1. The quantitative estimate of drug-likeness (QED) is 0.821. The summed E-state index contributed by atoms with van der Waals surface area (Å²) in [4.78, 5) is 23.6. The van der Waals surface area contributed by atoms with Crippen LogP contribution in [0.1, 0.15) is 25.8 Å². The topological polar surface area (TPSA) is 55.4 Å². The van der Waals surface area contributed by atoms with Crippen molar-refractivity contribution >= 4 is 23.5 Å². The van der Waals surface area contributed by atoms with Crippen molar-refractivity contribution in [2.24, 2.45) is 5.92 Å². The number of carbonyl (C=O) groups is 2. The average Bonchev–Trinajstić information content (AvgIpc) is 2.39. The molecule has 20 heavy (non-hydrogen) atoms. The zero-order valence-electron chi connectivity index (χ0n) is 12.0. The molecule has 0 fully saturated rings. The van der Waals surface area contributed by atoms with Crippen LogP contribution in [0.3, 0.4) is 0 Å². The molecule has 1 aromatic carbocycles. The number of halogens is 1. The fraction of sp³-hybridized carbons (Fsp3) is 0.467. The Morgan fingerprint density at radius 2 is 1.95 bits per heavy atom. The second-order valence-electron chi connectivity index (χ2n) is 5.04. The lowest BCUT2D eigenvalue weighted by Gasteiger charge is -2.18. The lowest BCUT2D eigenvalue weighted by molar-refractivity contribution is -0.145. The van der Waals surface area contributed by atoms with Gasteiger partial charge in [-0.15, -0.1) is 0 Å². The molecule has 4 nitrogen and oxygen atoms in total. The Balaban J connectivity index is 2.66. The molecule has 0 heterocycles. The maximum absolute atomic E-state index is 12.0. The van der Waals surface area contributed by atoms with Crippen molar-refractivity contribution in [3.63, 3.8) is 0 Å². The minimum Gasteiger partial charge on any atom is -0.467 e. The highest BCUT2D eigenvalue weighted by Crippen LogP contribution is 2.15. The number of carbonyl (C=O) groups excluding carboxylic acids is 2. The molecule has 0 bridgehead atoms. The first-order valence-electron chi connectivity index (χ1n) is 6.54. The molecule has 1 aromatic rings. The van der Waals surface area contributed by atoms with E-state index in [0.717, 1.165) is 5.56 Å². The van der Waals surface area contributed by atoms with Crippen LogP contribution in [0.2, 0.25) is 5.02 Å². The van der Waals surface area contributed by atoms with Crippen LogP contribution in [-0.4, -0.2) is 25.0 Å². The van der Waals surface area contributed by atoms with E-state index in [1.807, 2.05) is 19.9 Å². The van der Waals surface area contributed by atoms with Gasteiger partial charge in [-0.2, -0.15) is 0 Å². The van der Waals surface area contributed by atoms with Crippen LogP contribution in [-0.2, 0) is 20.7 Å². The number of rotatable bonds is 6. The standard InChI is InChI=1S/C15H20ClNO3/c1-10(2)8-13(15(19)20-3)17-14(18)9-11-6-4-5-7-12(11)16/h4-7,10,13H,8-9H2,1-3H3,(H,17,18). The van der Waals surface area contributed by atoms with Gasteiger partial charge in [0.1, 0.15) is 6.04 Å². The summed E-state index contributed by atoms with van der Waals surface area (Å²) in [5.74, 6) is -0.389. The second-order valence-corrected chi connectivity index (χ2v) is 5.45. The number of esters is 1. The number of hydrogen-bond acceptors (Lipinski definition) is 3. The van der Waals surface area contributed by atoms with E-state index in [4.69, 9.17) is 16.3 Å². The summed E-state index contributed by atoms with van der Waals surface area (Å²) >= 11 is 6.01. The van der Waals surface area contributed by atoms with Gasteiger partial charge in [-0.1, -0.05) is 43.6 Å². The van der Waals surface area contributed by atoms with Gasteiger partial charge in [-0.25, -0.2) is 4.79 Å². The molecule has 0 aliphatic heterocycles. The lowest BCUT2D eigenvalue weighted by atomic mass is 10.0. The summed E-state index contributed by atoms with van der Waals surface area (Å²) < 4.78 is 4.71. The monoisotopic (exact) mass is 297 g/mol. The van der Waals surface area contributed by atoms with Crippen LogP contribution in [0.5, 0.6) is 0 Å². The first-order valence-corrected chi connectivity index (χ1v) is 6.92. The third kappa shape index (κ3) is 5.21. The number of ether oxygens (including phenoxy) is 1. The Kier molecular flexibility index (Phi) is 6.52. The number of methoxy groups -OCH3 is 1. The molecule has 110 valence electrons. The van der Waals surface area contributed by atoms with Gasteiger partial charge in [0.15, 0.2) is 0 Å². The van der Waals surface area contributed by atoms with Gasteiger partial charge in [-0.3, -0.25) is 4.79 Å². The summed E-state index contributed by atoms with van der Waals surface area (Å²) in [6.45, 7) is 3.96. The molecular formula is C15H20ClNO3. The first kappa shape index (κ1) is 16.5. The molecule has 1 atom stereocenters. The number of amides is 1. The Morgan fingerprint density at radius 1 is 1.30 bits per heavy atom. The molecule has 5 heteroatoms. The maximum atomic E-state index is 12.0. The molecule has 0 aromatic heterocycles. The van der Waals surface area contributed by atoms with Gasteiger partial charge >= 0.3 is 5.97 Å². The highest BCUT2D eigenvalue weighted by atomic mass is 35.5. The van der Waals surface area contributed by atoms with E-state index >= 15 is 0 Å². The third-order valence-corrected chi connectivity index (χ3v) is 3.21. The highest BCUT2D eigenvalue weighted by Gasteiger charge is 2.22. The van der Waals surface area contributed by atoms with Crippen LogP contribution in [0.25, 0.3) is 0 Å². The zero-order chi connectivity index (χ0) is 15.1. The van der Waals surface area contributed by atoms with Crippen molar-refractivity contribution in [1.82, 2.24) is 5.32 Å². The van der Waals surface area contributed by atoms with Crippen molar-refractivity contribution < 1.29 is 14.3 Å². The van der Waals surface area contributed by atoms with Crippen LogP contribution in [0, 0.1) is 5.92 Å². The SMILES string of the molecule is COC(=O)C(CC(C)C)NC(=O)Cc1ccccc1Cl. The molecule has 0 saturated heterocycles. The average molecular weight is 298 g/mol. The van der Waals surface area contributed by atoms with Crippen molar-refractivity contribution in [2.75, 3.05) is 7.11 Å². The largest absolute Gasteiger partial charge is 0.467 e. The molecule has 1 unspecified atom stereocenters. The Hall–Kier alpha value is -1.55. The molecule has 1 amide bonds. The summed E-state index contributed by atoms with van der Waals surface area (Å²) in [5.41, 5.74) is 0.736. The number of hydrogen-bond donors (Lipinski definition) is 1. The summed E-state index contributed by atoms with van der Waals surface area (Å²) in [5, 5.41) is 3.25. The minimum atomic E-state index is -0.616. The van der Waals surface area contributed by atoms with Crippen molar-refractivity contribution in [1.29, 1.82) is 0 Å². The Labute approximate surface area is 124 Å². The number of nitrogens with one attached hydrogen (secondary N) is 1. The predicted octanol–water partition coefficient (Wildman–Crippen LogP) is 2.59. The molecule has 0 aliphatic rings. The molecule has 1 rings (SSSR count). The van der Waals surface area contributed by atoms with E-state index < -0.39 is 12.0 Å². The molecule has 0 spiro atoms. The van der Waals surface area contributed by atoms with Gasteiger partial charge in [0.25, 0.3) is 0 Å². The van der Waals surface area contributed by atoms with E-state index in [-0.39, 0.29) is 18.2 Å². The molecule has 0 aliphatic carbocycles. The molecule has 1 N–H and O–H groups in total. The fourth-order valence-corrected chi connectivity index (χ4v) is 2.09. The molecule has 0 saturated carbocycles. The van der Waals surface area contributed by atoms with Crippen LogP contribution < -0.4 is 5.32 Å². The van der Waals surface area contributed by atoms with E-state index in [2.05, 4.69) is 5.32 Å². The highest BCUT2D eigenvalue weighted by molar-refractivity contribution is 6.31. The van der Waals surface area contributed by atoms with Gasteiger partial charge in [-0.05, 0) is 24.0 Å². The van der Waals surface area contributed by atoms with E-state index in [9.17, 15) is 9.59 Å². The van der Waals surface area contributed by atoms with Gasteiger partial charge in [0.2, 0.25) is 5.91 Å². The van der Waals surface area contributed by atoms with Crippen molar-refractivity contribution in [3.05, 3.63) is 34.9 Å². The predicted molar refractivity (Wildman–Crippen MR) is 78.6 cm³/mol. The fourth-order valence-electron chi connectivity index (χ4n) is 1.89. The van der Waals surface area contributed by atoms with E-state index in [1.165, 1.54) is 7.11 Å². The summed E-state index contributed by atoms with van der Waals surface area (Å²) in [7, 11) is 1.32. The molecule has 0 radical (unpaired) electrons. The third-order valence-electron chi connectivity index (χ3n) is 2.84. The van der Waals surface area contributed by atoms with Crippen LogP contribution >= 0.6 is 11.6 Å². The smallest absolute Gasteiger partial charge is 0.328 e.